The Labute approximate surface area is 95.0 Å². The highest BCUT2D eigenvalue weighted by Gasteiger charge is 2.61. The van der Waals surface area contributed by atoms with Crippen molar-refractivity contribution in [3.63, 3.8) is 0 Å². The van der Waals surface area contributed by atoms with Crippen molar-refractivity contribution in [2.24, 2.45) is 0 Å². The maximum atomic E-state index is 13.0. The summed E-state index contributed by atoms with van der Waals surface area (Å²) in [4.78, 5) is 0. The Kier molecular flexibility index (Phi) is 3.46. The van der Waals surface area contributed by atoms with Crippen molar-refractivity contribution < 1.29 is 39.9 Å². The minimum Gasteiger partial charge on any atom is -0.419 e. The van der Waals surface area contributed by atoms with E-state index in [-0.39, 0.29) is 6.07 Å². The summed E-state index contributed by atoms with van der Waals surface area (Å²) in [6.07, 6.45) is -12.0. The van der Waals surface area contributed by atoms with Crippen LogP contribution in [0.3, 0.4) is 0 Å². The molecule has 0 heterocycles. The second-order valence-electron chi connectivity index (χ2n) is 3.25. The van der Waals surface area contributed by atoms with Crippen LogP contribution in [0.5, 0.6) is 5.75 Å². The van der Waals surface area contributed by atoms with Crippen molar-refractivity contribution in [3.05, 3.63) is 29.1 Å². The molecule has 102 valence electrons. The van der Waals surface area contributed by atoms with E-state index in [2.05, 4.69) is 4.74 Å². The maximum absolute atomic E-state index is 13.0. The van der Waals surface area contributed by atoms with Crippen molar-refractivity contribution >= 4 is 0 Å². The van der Waals surface area contributed by atoms with Gasteiger partial charge in [0, 0.05) is 0 Å². The molecule has 0 radical (unpaired) electrons. The number of hydrogen-bond acceptors (Lipinski definition) is 1. The summed E-state index contributed by atoms with van der Waals surface area (Å²) in [6.45, 7) is 0.896. The molecule has 0 atom stereocenters. The van der Waals surface area contributed by atoms with E-state index in [0.29, 0.717) is 0 Å². The van der Waals surface area contributed by atoms with E-state index in [0.717, 1.165) is 6.92 Å². The summed E-state index contributed by atoms with van der Waals surface area (Å²) in [5.74, 6) is -8.02. The highest BCUT2D eigenvalue weighted by molar-refractivity contribution is 5.32. The van der Waals surface area contributed by atoms with Crippen molar-refractivity contribution in [2.75, 3.05) is 0 Å². The molecule has 0 saturated heterocycles. The van der Waals surface area contributed by atoms with Crippen LogP contribution in [-0.2, 0) is 0 Å². The molecule has 9 heteroatoms. The largest absolute Gasteiger partial charge is 0.499 e. The van der Waals surface area contributed by atoms with Crippen LogP contribution in [0.1, 0.15) is 5.56 Å². The van der Waals surface area contributed by atoms with Gasteiger partial charge in [0.2, 0.25) is 11.6 Å². The average Bonchev–Trinajstić information content (AvgIpc) is 2.20. The molecule has 1 aromatic carbocycles. The first-order chi connectivity index (χ1) is 7.97. The van der Waals surface area contributed by atoms with Crippen LogP contribution < -0.4 is 4.74 Å². The van der Waals surface area contributed by atoms with Gasteiger partial charge in [0.1, 0.15) is 0 Å². The normalized spacial score (nSPS) is 12.7. The predicted octanol–water partition coefficient (Wildman–Crippen LogP) is 3.95. The van der Waals surface area contributed by atoms with Gasteiger partial charge in [-0.15, -0.1) is 0 Å². The number of hydrogen-bond donors (Lipinski definition) is 0. The Balaban J connectivity index is 3.25. The van der Waals surface area contributed by atoms with Crippen LogP contribution in [0.25, 0.3) is 0 Å². The third-order valence-corrected chi connectivity index (χ3v) is 1.86. The third-order valence-electron chi connectivity index (χ3n) is 1.86. The second kappa shape index (κ2) is 4.29. The molecule has 0 aliphatic carbocycles. The lowest BCUT2D eigenvalue weighted by Gasteiger charge is -2.21. The van der Waals surface area contributed by atoms with Crippen molar-refractivity contribution in [2.45, 2.75) is 19.2 Å². The van der Waals surface area contributed by atoms with E-state index in [4.69, 9.17) is 0 Å². The first kappa shape index (κ1) is 14.5. The molecule has 0 aliphatic heterocycles. The van der Waals surface area contributed by atoms with Gasteiger partial charge in [-0.2, -0.15) is 26.3 Å². The van der Waals surface area contributed by atoms with Crippen LogP contribution in [0, 0.1) is 24.4 Å². The van der Waals surface area contributed by atoms with Crippen LogP contribution in [-0.4, -0.2) is 12.3 Å². The number of ether oxygens (including phenoxy) is 1. The highest BCUT2D eigenvalue weighted by Crippen LogP contribution is 2.39. The predicted molar refractivity (Wildman–Crippen MR) is 42.7 cm³/mol. The quantitative estimate of drug-likeness (QED) is 0.589. The van der Waals surface area contributed by atoms with Gasteiger partial charge in [-0.25, -0.2) is 8.78 Å². The molecule has 0 aliphatic rings. The van der Waals surface area contributed by atoms with Crippen molar-refractivity contribution in [1.29, 1.82) is 0 Å². The van der Waals surface area contributed by atoms with E-state index in [1.165, 1.54) is 0 Å². The van der Waals surface area contributed by atoms with Crippen LogP contribution in [0.4, 0.5) is 35.1 Å². The van der Waals surface area contributed by atoms with E-state index in [1.54, 1.807) is 0 Å². The first-order valence-corrected chi connectivity index (χ1v) is 4.25. The highest BCUT2D eigenvalue weighted by atomic mass is 19.4. The zero-order valence-corrected chi connectivity index (χ0v) is 8.51. The number of alkyl halides is 5. The Morgan fingerprint density at radius 3 is 1.89 bits per heavy atom. The lowest BCUT2D eigenvalue weighted by Crippen LogP contribution is -2.42. The molecule has 0 amide bonds. The first-order valence-electron chi connectivity index (χ1n) is 4.25. The molecular weight excluding hydrogens is 276 g/mol. The zero-order chi connectivity index (χ0) is 14.3. The average molecular weight is 280 g/mol. The van der Waals surface area contributed by atoms with E-state index in [9.17, 15) is 35.1 Å². The van der Waals surface area contributed by atoms with Gasteiger partial charge >= 0.3 is 12.3 Å². The van der Waals surface area contributed by atoms with Crippen LogP contribution >= 0.6 is 0 Å². The molecule has 0 bridgehead atoms. The SMILES string of the molecule is Cc1cc(F)c(OC(F)(F)C(F)(F)F)c(F)c1F. The van der Waals surface area contributed by atoms with Crippen LogP contribution in [0.2, 0.25) is 0 Å². The fourth-order valence-corrected chi connectivity index (χ4v) is 0.976. The molecule has 0 fully saturated rings. The third kappa shape index (κ3) is 2.49. The van der Waals surface area contributed by atoms with Gasteiger partial charge in [0.15, 0.2) is 11.6 Å². The smallest absolute Gasteiger partial charge is 0.419 e. The second-order valence-corrected chi connectivity index (χ2v) is 3.25. The lowest BCUT2D eigenvalue weighted by atomic mass is 10.2. The van der Waals surface area contributed by atoms with E-state index < -0.39 is 41.0 Å². The minimum absolute atomic E-state index is 0.236. The number of benzene rings is 1. The molecule has 0 N–H and O–H groups in total. The molecular formula is C9H4F8O. The summed E-state index contributed by atoms with van der Waals surface area (Å²) >= 11 is 0. The molecule has 1 rings (SSSR count). The van der Waals surface area contributed by atoms with E-state index >= 15 is 0 Å². The van der Waals surface area contributed by atoms with Gasteiger partial charge in [-0.05, 0) is 18.6 Å². The summed E-state index contributed by atoms with van der Waals surface area (Å²) in [5, 5.41) is 0. The molecule has 0 unspecified atom stereocenters. The molecule has 0 spiro atoms. The Hall–Kier alpha value is -1.54. The van der Waals surface area contributed by atoms with Gasteiger partial charge in [0.25, 0.3) is 0 Å². The molecule has 1 aromatic rings. The Morgan fingerprint density at radius 2 is 1.44 bits per heavy atom. The standard InChI is InChI=1S/C9H4F8O/c1-3-2-4(10)7(6(12)5(3)11)18-9(16,17)8(13,14)15/h2H,1H3. The molecule has 1 nitrogen and oxygen atoms in total. The molecule has 0 aromatic heterocycles. The van der Waals surface area contributed by atoms with Gasteiger partial charge in [0.05, 0.1) is 0 Å². The Morgan fingerprint density at radius 1 is 0.944 bits per heavy atom. The van der Waals surface area contributed by atoms with Crippen molar-refractivity contribution in [1.82, 2.24) is 0 Å². The zero-order valence-electron chi connectivity index (χ0n) is 8.51. The number of rotatable bonds is 2. The molecule has 0 saturated carbocycles. The van der Waals surface area contributed by atoms with Crippen LogP contribution in [0.15, 0.2) is 6.07 Å². The monoisotopic (exact) mass is 280 g/mol. The summed E-state index contributed by atoms with van der Waals surface area (Å²) in [5.41, 5.74) is -0.604. The topological polar surface area (TPSA) is 9.23 Å². The van der Waals surface area contributed by atoms with Crippen molar-refractivity contribution in [3.8, 4) is 5.75 Å². The number of aryl methyl sites for hydroxylation is 1. The summed E-state index contributed by atoms with van der Waals surface area (Å²) < 4.78 is 102. The van der Waals surface area contributed by atoms with Gasteiger partial charge in [-0.1, -0.05) is 0 Å². The maximum Gasteiger partial charge on any atom is 0.499 e. The summed E-state index contributed by atoms with van der Waals surface area (Å²) in [6, 6.07) is 0.236. The number of halogens is 8. The van der Waals surface area contributed by atoms with E-state index in [1.807, 2.05) is 0 Å². The van der Waals surface area contributed by atoms with Gasteiger partial charge in [-0.3, -0.25) is 0 Å². The lowest BCUT2D eigenvalue weighted by molar-refractivity contribution is -0.361. The minimum atomic E-state index is -6.19. The van der Waals surface area contributed by atoms with Gasteiger partial charge < -0.3 is 4.74 Å². The fraction of sp³-hybridized carbons (Fsp3) is 0.333. The fourth-order valence-electron chi connectivity index (χ4n) is 0.976. The molecule has 18 heavy (non-hydrogen) atoms. The summed E-state index contributed by atoms with van der Waals surface area (Å²) in [7, 11) is 0. The Bertz CT molecular complexity index is 465.